The number of likely N-dealkylation sites (tertiary alicyclic amines) is 1. The molecule has 3 aromatic carbocycles. The van der Waals surface area contributed by atoms with E-state index in [-0.39, 0.29) is 24.1 Å². The van der Waals surface area contributed by atoms with Gasteiger partial charge in [0.15, 0.2) is 17.3 Å². The summed E-state index contributed by atoms with van der Waals surface area (Å²) in [6.45, 7) is 2.50. The van der Waals surface area contributed by atoms with E-state index in [1.54, 1.807) is 24.3 Å². The van der Waals surface area contributed by atoms with Crippen molar-refractivity contribution < 1.29 is 24.1 Å². The Morgan fingerprint density at radius 1 is 1.00 bits per heavy atom. The molecule has 0 atom stereocenters. The van der Waals surface area contributed by atoms with Crippen LogP contribution in [0.15, 0.2) is 72.8 Å². The number of piperidine rings is 1. The highest BCUT2D eigenvalue weighted by Gasteiger charge is 2.18. The van der Waals surface area contributed by atoms with Crippen LogP contribution in [0.5, 0.6) is 23.0 Å². The number of hydrogen-bond donors (Lipinski definition) is 1. The molecule has 0 spiro atoms. The number of methoxy groups -OCH3 is 1. The summed E-state index contributed by atoms with van der Waals surface area (Å²) in [5, 5.41) is 9.91. The van der Waals surface area contributed by atoms with E-state index in [2.05, 4.69) is 11.9 Å². The van der Waals surface area contributed by atoms with E-state index in [1.807, 2.05) is 48.5 Å². The number of aromatic hydroxyl groups is 1. The minimum absolute atomic E-state index is 0.0341. The smallest absolute Gasteiger partial charge is 0.160 e. The van der Waals surface area contributed by atoms with Crippen LogP contribution >= 0.6 is 0 Å². The Kier molecular flexibility index (Phi) is 8.63. The number of ketones is 1. The Labute approximate surface area is 212 Å². The van der Waals surface area contributed by atoms with Crippen LogP contribution in [0.3, 0.4) is 0 Å². The average molecular weight is 488 g/mol. The second-order valence-electron chi connectivity index (χ2n) is 9.06. The third-order valence-corrected chi connectivity index (χ3v) is 6.33. The zero-order valence-electron chi connectivity index (χ0n) is 20.9. The molecule has 6 nitrogen and oxygen atoms in total. The molecule has 36 heavy (non-hydrogen) atoms. The number of phenolic OH excluding ortho intramolecular Hbond substituents is 1. The summed E-state index contributed by atoms with van der Waals surface area (Å²) in [5.74, 6) is 2.02. The monoisotopic (exact) mass is 487 g/mol. The van der Waals surface area contributed by atoms with Gasteiger partial charge >= 0.3 is 0 Å². The predicted molar refractivity (Wildman–Crippen MR) is 141 cm³/mol. The quantitative estimate of drug-likeness (QED) is 0.393. The number of phenols is 1. The first-order chi connectivity index (χ1) is 17.5. The molecule has 0 bridgehead atoms. The van der Waals surface area contributed by atoms with E-state index in [0.29, 0.717) is 12.4 Å². The third-order valence-electron chi connectivity index (χ3n) is 6.33. The van der Waals surface area contributed by atoms with Crippen molar-refractivity contribution in [2.75, 3.05) is 27.2 Å². The van der Waals surface area contributed by atoms with Gasteiger partial charge in [-0.05, 0) is 79.1 Å². The van der Waals surface area contributed by atoms with Crippen LogP contribution in [-0.4, -0.2) is 49.1 Å². The molecule has 188 valence electrons. The molecule has 1 N–H and O–H groups in total. The summed E-state index contributed by atoms with van der Waals surface area (Å²) in [4.78, 5) is 14.9. The molecular formula is C30H33NO5. The maximum Gasteiger partial charge on any atom is 0.160 e. The maximum absolute atomic E-state index is 12.6. The van der Waals surface area contributed by atoms with Crippen molar-refractivity contribution in [1.29, 1.82) is 0 Å². The van der Waals surface area contributed by atoms with Crippen LogP contribution in [0.25, 0.3) is 6.08 Å². The molecule has 0 unspecified atom stereocenters. The van der Waals surface area contributed by atoms with Crippen LogP contribution < -0.4 is 14.2 Å². The molecule has 1 aliphatic rings. The summed E-state index contributed by atoms with van der Waals surface area (Å²) >= 11 is 0. The van der Waals surface area contributed by atoms with Crippen molar-refractivity contribution >= 4 is 11.9 Å². The van der Waals surface area contributed by atoms with Crippen molar-refractivity contribution in [3.8, 4) is 23.0 Å². The molecule has 1 heterocycles. The van der Waals surface area contributed by atoms with Crippen molar-refractivity contribution in [3.05, 3.63) is 89.5 Å². The Balaban J connectivity index is 1.31. The standard InChI is InChI=1S/C30H33NO5/c1-31-17-15-28(16-18-31)36-27-12-10-26(11-13-27)35-21-24-6-4-3-5-23(24)20-25(32)9-7-22-8-14-30(34-2)29(33)19-22/h3-14,19,28,33H,15-18,20-21H2,1-2H3/b9-7+. The lowest BCUT2D eigenvalue weighted by molar-refractivity contribution is -0.113. The van der Waals surface area contributed by atoms with Gasteiger partial charge < -0.3 is 24.2 Å². The molecular weight excluding hydrogens is 454 g/mol. The zero-order chi connectivity index (χ0) is 25.3. The van der Waals surface area contributed by atoms with Gasteiger partial charge in [-0.15, -0.1) is 0 Å². The second kappa shape index (κ2) is 12.3. The number of allylic oxidation sites excluding steroid dienone is 1. The van der Waals surface area contributed by atoms with Gasteiger partial charge in [-0.2, -0.15) is 0 Å². The number of ether oxygens (including phenoxy) is 3. The first kappa shape index (κ1) is 25.3. The van der Waals surface area contributed by atoms with E-state index in [9.17, 15) is 9.90 Å². The minimum atomic E-state index is -0.0341. The predicted octanol–water partition coefficient (Wildman–Crippen LogP) is 5.28. The first-order valence-electron chi connectivity index (χ1n) is 12.2. The zero-order valence-corrected chi connectivity index (χ0v) is 20.9. The van der Waals surface area contributed by atoms with E-state index in [0.717, 1.165) is 54.1 Å². The molecule has 3 aromatic rings. The summed E-state index contributed by atoms with van der Waals surface area (Å²) in [5.41, 5.74) is 2.61. The summed E-state index contributed by atoms with van der Waals surface area (Å²) in [7, 11) is 3.64. The van der Waals surface area contributed by atoms with Crippen LogP contribution in [0.4, 0.5) is 0 Å². The highest BCUT2D eigenvalue weighted by Crippen LogP contribution is 2.27. The van der Waals surface area contributed by atoms with Crippen molar-refractivity contribution in [2.24, 2.45) is 0 Å². The van der Waals surface area contributed by atoms with Crippen LogP contribution in [0.2, 0.25) is 0 Å². The fourth-order valence-corrected chi connectivity index (χ4v) is 4.19. The normalized spacial score (nSPS) is 14.6. The van der Waals surface area contributed by atoms with Gasteiger partial charge in [-0.3, -0.25) is 4.79 Å². The molecule has 1 saturated heterocycles. The summed E-state index contributed by atoms with van der Waals surface area (Å²) in [6.07, 6.45) is 5.84. The average Bonchev–Trinajstić information content (AvgIpc) is 2.89. The number of carbonyl (C=O) groups is 1. The molecule has 0 saturated carbocycles. The molecule has 0 radical (unpaired) electrons. The van der Waals surface area contributed by atoms with E-state index >= 15 is 0 Å². The lowest BCUT2D eigenvalue weighted by atomic mass is 10.0. The van der Waals surface area contributed by atoms with Gasteiger partial charge in [0.1, 0.15) is 24.2 Å². The number of nitrogens with zero attached hydrogens (tertiary/aromatic N) is 1. The van der Waals surface area contributed by atoms with Gasteiger partial charge in [-0.1, -0.05) is 36.4 Å². The minimum Gasteiger partial charge on any atom is -0.504 e. The fraction of sp³-hybridized carbons (Fsp3) is 0.300. The van der Waals surface area contributed by atoms with Crippen molar-refractivity contribution in [3.63, 3.8) is 0 Å². The topological polar surface area (TPSA) is 68.2 Å². The number of benzene rings is 3. The van der Waals surface area contributed by atoms with E-state index in [1.165, 1.54) is 13.2 Å². The maximum atomic E-state index is 12.6. The van der Waals surface area contributed by atoms with Crippen LogP contribution in [0, 0.1) is 0 Å². The lowest BCUT2D eigenvalue weighted by Gasteiger charge is -2.29. The lowest BCUT2D eigenvalue weighted by Crippen LogP contribution is -2.35. The molecule has 4 rings (SSSR count). The van der Waals surface area contributed by atoms with Crippen LogP contribution in [0.1, 0.15) is 29.5 Å². The van der Waals surface area contributed by atoms with Crippen molar-refractivity contribution in [2.45, 2.75) is 32.0 Å². The Bertz CT molecular complexity index is 1180. The molecule has 1 aliphatic heterocycles. The summed E-state index contributed by atoms with van der Waals surface area (Å²) in [6, 6.07) is 20.6. The first-order valence-corrected chi connectivity index (χ1v) is 12.2. The largest absolute Gasteiger partial charge is 0.504 e. The molecule has 0 aromatic heterocycles. The number of hydrogen-bond acceptors (Lipinski definition) is 6. The summed E-state index contributed by atoms with van der Waals surface area (Å²) < 4.78 is 17.2. The van der Waals surface area contributed by atoms with Gasteiger partial charge in [0.05, 0.1) is 7.11 Å². The highest BCUT2D eigenvalue weighted by molar-refractivity contribution is 5.95. The van der Waals surface area contributed by atoms with Gasteiger partial charge in [0, 0.05) is 19.5 Å². The third kappa shape index (κ3) is 7.12. The van der Waals surface area contributed by atoms with Gasteiger partial charge in [-0.25, -0.2) is 0 Å². The van der Waals surface area contributed by atoms with Gasteiger partial charge in [0.25, 0.3) is 0 Å². The molecule has 0 aliphatic carbocycles. The highest BCUT2D eigenvalue weighted by atomic mass is 16.5. The van der Waals surface area contributed by atoms with E-state index in [4.69, 9.17) is 14.2 Å². The Morgan fingerprint density at radius 3 is 2.39 bits per heavy atom. The fourth-order valence-electron chi connectivity index (χ4n) is 4.19. The van der Waals surface area contributed by atoms with Crippen molar-refractivity contribution in [1.82, 2.24) is 4.90 Å². The van der Waals surface area contributed by atoms with Gasteiger partial charge in [0.2, 0.25) is 0 Å². The molecule has 0 amide bonds. The van der Waals surface area contributed by atoms with E-state index < -0.39 is 0 Å². The number of carbonyl (C=O) groups excluding carboxylic acids is 1. The second-order valence-corrected chi connectivity index (χ2v) is 9.06. The molecule has 6 heteroatoms. The number of rotatable bonds is 10. The van der Waals surface area contributed by atoms with Crippen LogP contribution in [-0.2, 0) is 17.8 Å². The Morgan fingerprint density at radius 2 is 1.69 bits per heavy atom. The molecule has 1 fully saturated rings. The Hall–Kier alpha value is -3.77. The SMILES string of the molecule is COc1ccc(/C=C/C(=O)Cc2ccccc2COc2ccc(OC3CCN(C)CC3)cc2)cc1O.